The van der Waals surface area contributed by atoms with Crippen LogP contribution < -0.4 is 5.32 Å². The Labute approximate surface area is 119 Å². The molecule has 0 aromatic carbocycles. The van der Waals surface area contributed by atoms with E-state index in [0.717, 1.165) is 0 Å². The number of imidazole rings is 1. The van der Waals surface area contributed by atoms with E-state index in [1.54, 1.807) is 13.8 Å². The fourth-order valence-electron chi connectivity index (χ4n) is 1.72. The van der Waals surface area contributed by atoms with Crippen molar-refractivity contribution < 1.29 is 14.3 Å². The van der Waals surface area contributed by atoms with Gasteiger partial charge in [0.15, 0.2) is 16.5 Å². The average Bonchev–Trinajstić information content (AvgIpc) is 2.78. The number of rotatable bonds is 3. The lowest BCUT2D eigenvalue weighted by atomic mass is 10.3. The standard InChI is InChI=1S/C12H13ClN4O3/c1-4-20-12(19)8-5-14-11-9(15-7(3)18)6(2)10(13)16-17(8)11/h5H,4H2,1-3H3,(H,15,18). The van der Waals surface area contributed by atoms with Crippen LogP contribution in [0.1, 0.15) is 29.9 Å². The molecule has 0 aliphatic carbocycles. The van der Waals surface area contributed by atoms with Gasteiger partial charge < -0.3 is 10.1 Å². The van der Waals surface area contributed by atoms with Crippen LogP contribution in [0.2, 0.25) is 5.15 Å². The van der Waals surface area contributed by atoms with Gasteiger partial charge in [-0.1, -0.05) is 11.6 Å². The highest BCUT2D eigenvalue weighted by Crippen LogP contribution is 2.26. The molecule has 7 nitrogen and oxygen atoms in total. The molecule has 0 saturated carbocycles. The fraction of sp³-hybridized carbons (Fsp3) is 0.333. The molecule has 2 aromatic heterocycles. The third-order valence-corrected chi connectivity index (χ3v) is 2.98. The number of nitrogens with zero attached hydrogens (tertiary/aromatic N) is 3. The summed E-state index contributed by atoms with van der Waals surface area (Å²) in [5.74, 6) is -0.820. The number of carbonyl (C=O) groups is 2. The van der Waals surface area contributed by atoms with E-state index in [4.69, 9.17) is 16.3 Å². The van der Waals surface area contributed by atoms with E-state index in [9.17, 15) is 9.59 Å². The summed E-state index contributed by atoms with van der Waals surface area (Å²) in [7, 11) is 0. The topological polar surface area (TPSA) is 85.6 Å². The third kappa shape index (κ3) is 2.44. The van der Waals surface area contributed by atoms with Gasteiger partial charge in [-0.2, -0.15) is 5.10 Å². The van der Waals surface area contributed by atoms with Gasteiger partial charge in [0.25, 0.3) is 0 Å². The van der Waals surface area contributed by atoms with Crippen molar-refractivity contribution in [2.24, 2.45) is 0 Å². The van der Waals surface area contributed by atoms with Crippen LogP contribution in [-0.4, -0.2) is 33.1 Å². The maximum absolute atomic E-state index is 11.8. The number of hydrogen-bond acceptors (Lipinski definition) is 5. The summed E-state index contributed by atoms with van der Waals surface area (Å²) in [4.78, 5) is 27.2. The van der Waals surface area contributed by atoms with Crippen LogP contribution in [0.15, 0.2) is 6.20 Å². The summed E-state index contributed by atoms with van der Waals surface area (Å²) in [6.07, 6.45) is 1.33. The minimum Gasteiger partial charge on any atom is -0.461 e. The second-order valence-corrected chi connectivity index (χ2v) is 4.43. The summed E-state index contributed by atoms with van der Waals surface area (Å²) < 4.78 is 6.18. The molecule has 1 amide bonds. The van der Waals surface area contributed by atoms with Gasteiger partial charge in [-0.15, -0.1) is 0 Å². The van der Waals surface area contributed by atoms with Crippen molar-refractivity contribution >= 4 is 34.8 Å². The number of nitrogens with one attached hydrogen (secondary N) is 1. The number of amides is 1. The Kier molecular flexibility index (Phi) is 3.89. The maximum Gasteiger partial charge on any atom is 0.358 e. The van der Waals surface area contributed by atoms with E-state index >= 15 is 0 Å². The molecule has 0 bridgehead atoms. The Morgan fingerprint density at radius 3 is 2.80 bits per heavy atom. The molecular weight excluding hydrogens is 284 g/mol. The quantitative estimate of drug-likeness (QED) is 0.873. The zero-order valence-corrected chi connectivity index (χ0v) is 12.0. The van der Waals surface area contributed by atoms with E-state index in [1.165, 1.54) is 17.6 Å². The first-order valence-electron chi connectivity index (χ1n) is 5.94. The molecule has 0 aliphatic rings. The van der Waals surface area contributed by atoms with E-state index in [1.807, 2.05) is 0 Å². The van der Waals surface area contributed by atoms with Crippen LogP contribution in [0, 0.1) is 6.92 Å². The Balaban J connectivity index is 2.65. The van der Waals surface area contributed by atoms with Crippen molar-refractivity contribution in [2.75, 3.05) is 11.9 Å². The van der Waals surface area contributed by atoms with Crippen molar-refractivity contribution in [3.05, 3.63) is 22.6 Å². The first-order valence-corrected chi connectivity index (χ1v) is 6.32. The lowest BCUT2D eigenvalue weighted by Crippen LogP contribution is -2.13. The number of ether oxygens (including phenoxy) is 1. The van der Waals surface area contributed by atoms with Crippen molar-refractivity contribution in [3.8, 4) is 0 Å². The van der Waals surface area contributed by atoms with Crippen molar-refractivity contribution in [2.45, 2.75) is 20.8 Å². The molecule has 0 aliphatic heterocycles. The zero-order chi connectivity index (χ0) is 14.9. The van der Waals surface area contributed by atoms with Gasteiger partial charge in [-0.25, -0.2) is 14.3 Å². The highest BCUT2D eigenvalue weighted by molar-refractivity contribution is 6.30. The first-order chi connectivity index (χ1) is 9.45. The number of hydrogen-bond donors (Lipinski definition) is 1. The van der Waals surface area contributed by atoms with Gasteiger partial charge in [-0.3, -0.25) is 4.79 Å². The second-order valence-electron chi connectivity index (χ2n) is 4.07. The van der Waals surface area contributed by atoms with Gasteiger partial charge in [0.05, 0.1) is 18.5 Å². The van der Waals surface area contributed by atoms with Gasteiger partial charge >= 0.3 is 5.97 Å². The summed E-state index contributed by atoms with van der Waals surface area (Å²) in [5.41, 5.74) is 1.49. The van der Waals surface area contributed by atoms with Gasteiger partial charge in [0, 0.05) is 12.5 Å². The molecule has 0 atom stereocenters. The molecule has 2 rings (SSSR count). The van der Waals surface area contributed by atoms with Crippen LogP contribution in [0.5, 0.6) is 0 Å². The molecule has 0 fully saturated rings. The zero-order valence-electron chi connectivity index (χ0n) is 11.2. The first kappa shape index (κ1) is 14.3. The molecule has 1 N–H and O–H groups in total. The third-order valence-electron chi connectivity index (χ3n) is 2.62. The fourth-order valence-corrected chi connectivity index (χ4v) is 1.89. The van der Waals surface area contributed by atoms with E-state index in [-0.39, 0.29) is 23.4 Å². The van der Waals surface area contributed by atoms with Crippen LogP contribution in [0.4, 0.5) is 5.69 Å². The predicted molar refractivity (Wildman–Crippen MR) is 73.0 cm³/mol. The molecule has 8 heteroatoms. The summed E-state index contributed by atoms with van der Waals surface area (Å²) >= 11 is 6.02. The molecule has 0 radical (unpaired) electrons. The highest BCUT2D eigenvalue weighted by atomic mass is 35.5. The smallest absolute Gasteiger partial charge is 0.358 e. The van der Waals surface area contributed by atoms with Crippen LogP contribution in [0.25, 0.3) is 5.65 Å². The second kappa shape index (κ2) is 5.46. The van der Waals surface area contributed by atoms with E-state index in [0.29, 0.717) is 16.9 Å². The molecule has 0 spiro atoms. The number of anilines is 1. The molecular formula is C12H13ClN4O3. The Hall–Kier alpha value is -2.15. The number of halogens is 1. The normalized spacial score (nSPS) is 10.6. The Morgan fingerprint density at radius 2 is 2.20 bits per heavy atom. The van der Waals surface area contributed by atoms with E-state index < -0.39 is 5.97 Å². The van der Waals surface area contributed by atoms with Gasteiger partial charge in [0.1, 0.15) is 0 Å². The Bertz CT molecular complexity index is 696. The monoisotopic (exact) mass is 296 g/mol. The SMILES string of the molecule is CCOC(=O)c1cnc2c(NC(C)=O)c(C)c(Cl)nn12. The molecule has 106 valence electrons. The average molecular weight is 297 g/mol. The minimum atomic E-state index is -0.554. The van der Waals surface area contributed by atoms with Gasteiger partial charge in [-0.05, 0) is 13.8 Å². The summed E-state index contributed by atoms with van der Waals surface area (Å²) in [5, 5.41) is 6.89. The molecule has 2 heterocycles. The van der Waals surface area contributed by atoms with Crippen molar-refractivity contribution in [1.82, 2.24) is 14.6 Å². The highest BCUT2D eigenvalue weighted by Gasteiger charge is 2.20. The van der Waals surface area contributed by atoms with Crippen LogP contribution in [0.3, 0.4) is 0 Å². The molecule has 0 unspecified atom stereocenters. The maximum atomic E-state index is 11.8. The summed E-state index contributed by atoms with van der Waals surface area (Å²) in [6, 6.07) is 0. The molecule has 2 aromatic rings. The predicted octanol–water partition coefficient (Wildman–Crippen LogP) is 1.83. The molecule has 0 saturated heterocycles. The largest absolute Gasteiger partial charge is 0.461 e. The van der Waals surface area contributed by atoms with Crippen LogP contribution in [-0.2, 0) is 9.53 Å². The minimum absolute atomic E-state index is 0.148. The van der Waals surface area contributed by atoms with Crippen LogP contribution >= 0.6 is 11.6 Å². The lowest BCUT2D eigenvalue weighted by Gasteiger charge is -2.10. The van der Waals surface area contributed by atoms with Crippen molar-refractivity contribution in [3.63, 3.8) is 0 Å². The number of carbonyl (C=O) groups excluding carboxylic acids is 2. The Morgan fingerprint density at radius 1 is 1.50 bits per heavy atom. The van der Waals surface area contributed by atoms with Gasteiger partial charge in [0.2, 0.25) is 5.91 Å². The lowest BCUT2D eigenvalue weighted by molar-refractivity contribution is -0.114. The van der Waals surface area contributed by atoms with E-state index in [2.05, 4.69) is 15.4 Å². The molecule has 20 heavy (non-hydrogen) atoms. The number of aromatic nitrogens is 3. The number of esters is 1. The number of fused-ring (bicyclic) bond motifs is 1. The van der Waals surface area contributed by atoms with Crippen molar-refractivity contribution in [1.29, 1.82) is 0 Å². The summed E-state index contributed by atoms with van der Waals surface area (Å²) in [6.45, 7) is 5.03.